The fraction of sp³-hybridized carbons (Fsp3) is 0.375. The molecule has 2 nitrogen and oxygen atoms in total. The monoisotopic (exact) mass is 274 g/mol. The minimum Gasteiger partial charge on any atom is -0.261 e. The molecule has 102 valence electrons. The zero-order valence-corrected chi connectivity index (χ0v) is 13.4. The highest BCUT2D eigenvalue weighted by molar-refractivity contribution is 7.16. The van der Waals surface area contributed by atoms with Crippen LogP contribution in [-0.4, -0.2) is 9.97 Å². The van der Waals surface area contributed by atoms with Crippen LogP contribution in [0.1, 0.15) is 39.0 Å². The topological polar surface area (TPSA) is 25.8 Å². The van der Waals surface area contributed by atoms with Crippen molar-refractivity contribution in [2.24, 2.45) is 0 Å². The van der Waals surface area contributed by atoms with Crippen LogP contribution < -0.4 is 0 Å². The van der Waals surface area contributed by atoms with Gasteiger partial charge in [0.2, 0.25) is 0 Å². The number of hydrogen-bond donors (Lipinski definition) is 0. The Morgan fingerprint density at radius 2 is 1.68 bits per heavy atom. The van der Waals surface area contributed by atoms with E-state index < -0.39 is 0 Å². The highest BCUT2D eigenvalue weighted by atomic mass is 32.1. The van der Waals surface area contributed by atoms with E-state index >= 15 is 0 Å². The summed E-state index contributed by atoms with van der Waals surface area (Å²) in [5, 5.41) is 4.41. The van der Waals surface area contributed by atoms with Gasteiger partial charge in [-0.15, -0.1) is 11.3 Å². The Labute approximate surface area is 119 Å². The molecule has 0 aliphatic carbocycles. The third-order valence-electron chi connectivity index (χ3n) is 2.77. The standard InChI is InChI=1S/C12H10N2S.2C2H6/c1-7-8(2)13-6-10-5-9-3-4-15-12(9)14-11(7)10;2*1-2/h3-6H,1-2H3;2*1-2H3. The molecule has 0 saturated heterocycles. The minimum atomic E-state index is 1.06. The molecule has 0 unspecified atom stereocenters. The van der Waals surface area contributed by atoms with Gasteiger partial charge in [-0.05, 0) is 36.9 Å². The predicted molar refractivity (Wildman–Crippen MR) is 87.1 cm³/mol. The SMILES string of the molecule is CC.CC.Cc1ncc2cc3ccsc3nc2c1C. The van der Waals surface area contributed by atoms with Crippen molar-refractivity contribution in [1.82, 2.24) is 9.97 Å². The summed E-state index contributed by atoms with van der Waals surface area (Å²) in [7, 11) is 0. The van der Waals surface area contributed by atoms with Crippen LogP contribution in [0, 0.1) is 13.8 Å². The number of aryl methyl sites for hydroxylation is 2. The van der Waals surface area contributed by atoms with Gasteiger partial charge >= 0.3 is 0 Å². The molecule has 3 heteroatoms. The van der Waals surface area contributed by atoms with Gasteiger partial charge in [0, 0.05) is 22.7 Å². The molecule has 19 heavy (non-hydrogen) atoms. The molecule has 0 aromatic carbocycles. The molecule has 0 aliphatic heterocycles. The first-order valence-corrected chi connectivity index (χ1v) is 7.74. The summed E-state index contributed by atoms with van der Waals surface area (Å²) in [6, 6.07) is 4.26. The van der Waals surface area contributed by atoms with E-state index in [2.05, 4.69) is 34.4 Å². The van der Waals surface area contributed by atoms with Crippen LogP contribution in [0.25, 0.3) is 21.1 Å². The van der Waals surface area contributed by atoms with E-state index in [0.717, 1.165) is 21.4 Å². The van der Waals surface area contributed by atoms with Gasteiger partial charge in [-0.25, -0.2) is 4.98 Å². The molecule has 3 rings (SSSR count). The van der Waals surface area contributed by atoms with Crippen LogP contribution in [0.3, 0.4) is 0 Å². The van der Waals surface area contributed by atoms with Crippen molar-refractivity contribution in [2.45, 2.75) is 41.5 Å². The fourth-order valence-corrected chi connectivity index (χ4v) is 2.50. The molecule has 0 radical (unpaired) electrons. The first kappa shape index (κ1) is 15.6. The van der Waals surface area contributed by atoms with Gasteiger partial charge in [-0.2, -0.15) is 0 Å². The van der Waals surface area contributed by atoms with Gasteiger partial charge in [-0.1, -0.05) is 27.7 Å². The number of thiophene rings is 1. The number of rotatable bonds is 0. The Kier molecular flexibility index (Phi) is 5.90. The number of pyridine rings is 2. The summed E-state index contributed by atoms with van der Waals surface area (Å²) in [4.78, 5) is 10.1. The van der Waals surface area contributed by atoms with E-state index in [1.807, 2.05) is 40.8 Å². The number of aromatic nitrogens is 2. The van der Waals surface area contributed by atoms with E-state index in [0.29, 0.717) is 0 Å². The van der Waals surface area contributed by atoms with Crippen molar-refractivity contribution in [3.63, 3.8) is 0 Å². The predicted octanol–water partition coefficient (Wildman–Crippen LogP) is 5.51. The van der Waals surface area contributed by atoms with Crippen molar-refractivity contribution in [3.05, 3.63) is 35.0 Å². The van der Waals surface area contributed by atoms with E-state index in [9.17, 15) is 0 Å². The molecule has 0 atom stereocenters. The molecule has 3 aromatic rings. The van der Waals surface area contributed by atoms with Crippen LogP contribution in [0.2, 0.25) is 0 Å². The highest BCUT2D eigenvalue weighted by Gasteiger charge is 2.05. The summed E-state index contributed by atoms with van der Waals surface area (Å²) in [5.74, 6) is 0. The number of nitrogens with zero attached hydrogens (tertiary/aromatic N) is 2. The normalized spacial score (nSPS) is 9.58. The van der Waals surface area contributed by atoms with Crippen LogP contribution in [0.5, 0.6) is 0 Å². The molecule has 3 heterocycles. The quantitative estimate of drug-likeness (QED) is 0.540. The first-order valence-electron chi connectivity index (χ1n) is 6.86. The van der Waals surface area contributed by atoms with Crippen LogP contribution >= 0.6 is 11.3 Å². The maximum absolute atomic E-state index is 4.68. The smallest absolute Gasteiger partial charge is 0.123 e. The van der Waals surface area contributed by atoms with Crippen molar-refractivity contribution < 1.29 is 0 Å². The average molecular weight is 274 g/mol. The number of fused-ring (bicyclic) bond motifs is 2. The minimum absolute atomic E-state index is 1.06. The molecule has 0 fully saturated rings. The Balaban J connectivity index is 0.000000415. The van der Waals surface area contributed by atoms with Gasteiger partial charge in [-0.3, -0.25) is 4.98 Å². The summed E-state index contributed by atoms with van der Waals surface area (Å²) in [6.07, 6.45) is 1.90. The van der Waals surface area contributed by atoms with E-state index in [-0.39, 0.29) is 0 Å². The Bertz CT molecular complexity index is 656. The van der Waals surface area contributed by atoms with E-state index in [1.165, 1.54) is 10.9 Å². The fourth-order valence-electron chi connectivity index (χ4n) is 1.75. The van der Waals surface area contributed by atoms with Gasteiger partial charge in [0.05, 0.1) is 5.52 Å². The zero-order valence-electron chi connectivity index (χ0n) is 12.6. The molecular formula is C16H22N2S. The molecule has 0 saturated carbocycles. The lowest BCUT2D eigenvalue weighted by Gasteiger charge is -2.03. The summed E-state index contributed by atoms with van der Waals surface area (Å²) in [5.41, 5.74) is 3.33. The molecule has 3 aromatic heterocycles. The molecule has 0 N–H and O–H groups in total. The molecule has 0 spiro atoms. The molecule has 0 aliphatic rings. The van der Waals surface area contributed by atoms with Crippen molar-refractivity contribution in [3.8, 4) is 0 Å². The van der Waals surface area contributed by atoms with Crippen LogP contribution in [0.4, 0.5) is 0 Å². The second-order valence-electron chi connectivity index (χ2n) is 3.71. The zero-order chi connectivity index (χ0) is 14.4. The van der Waals surface area contributed by atoms with Gasteiger partial charge in [0.15, 0.2) is 0 Å². The van der Waals surface area contributed by atoms with Crippen LogP contribution in [-0.2, 0) is 0 Å². The highest BCUT2D eigenvalue weighted by Crippen LogP contribution is 2.25. The van der Waals surface area contributed by atoms with Crippen molar-refractivity contribution in [1.29, 1.82) is 0 Å². The lowest BCUT2D eigenvalue weighted by molar-refractivity contribution is 1.17. The Morgan fingerprint density at radius 1 is 1.00 bits per heavy atom. The molecule has 0 amide bonds. The molecular weight excluding hydrogens is 252 g/mol. The van der Waals surface area contributed by atoms with E-state index in [1.54, 1.807) is 11.3 Å². The van der Waals surface area contributed by atoms with Gasteiger partial charge in [0.1, 0.15) is 4.83 Å². The van der Waals surface area contributed by atoms with Gasteiger partial charge < -0.3 is 0 Å². The Hall–Kier alpha value is -1.48. The second-order valence-corrected chi connectivity index (χ2v) is 4.60. The lowest BCUT2D eigenvalue weighted by Crippen LogP contribution is -1.90. The van der Waals surface area contributed by atoms with E-state index in [4.69, 9.17) is 0 Å². The summed E-state index contributed by atoms with van der Waals surface area (Å²) in [6.45, 7) is 12.1. The van der Waals surface area contributed by atoms with Crippen molar-refractivity contribution >= 4 is 32.5 Å². The third-order valence-corrected chi connectivity index (χ3v) is 3.59. The summed E-state index contributed by atoms with van der Waals surface area (Å²) < 4.78 is 0. The number of hydrogen-bond acceptors (Lipinski definition) is 3. The van der Waals surface area contributed by atoms with Crippen LogP contribution in [0.15, 0.2) is 23.7 Å². The third kappa shape index (κ3) is 3.10. The maximum Gasteiger partial charge on any atom is 0.123 e. The first-order chi connectivity index (χ1) is 9.25. The van der Waals surface area contributed by atoms with Gasteiger partial charge in [0.25, 0.3) is 0 Å². The lowest BCUT2D eigenvalue weighted by atomic mass is 10.1. The summed E-state index contributed by atoms with van der Waals surface area (Å²) >= 11 is 1.69. The average Bonchev–Trinajstić information content (AvgIpc) is 2.93. The largest absolute Gasteiger partial charge is 0.261 e. The maximum atomic E-state index is 4.68. The van der Waals surface area contributed by atoms with Crippen molar-refractivity contribution in [2.75, 3.05) is 0 Å². The second kappa shape index (κ2) is 7.19. The Morgan fingerprint density at radius 3 is 2.37 bits per heavy atom. The molecule has 0 bridgehead atoms.